The fraction of sp³-hybridized carbons (Fsp3) is 0.0769. The highest BCUT2D eigenvalue weighted by Gasteiger charge is 2.13. The number of nitrogens with zero attached hydrogens (tertiary/aromatic N) is 2. The van der Waals surface area contributed by atoms with E-state index < -0.39 is 0 Å². The molecule has 0 atom stereocenters. The van der Waals surface area contributed by atoms with E-state index >= 15 is 0 Å². The average Bonchev–Trinajstić information content (AvgIpc) is 2.70. The molecule has 2 heterocycles. The number of hydrogen-bond donors (Lipinski definition) is 0. The average molecular weight is 295 g/mol. The topological polar surface area (TPSA) is 25.8 Å². The lowest BCUT2D eigenvalue weighted by Crippen LogP contribution is -1.81. The molecule has 2 aromatic heterocycles. The van der Waals surface area contributed by atoms with Crippen LogP contribution >= 0.6 is 34.5 Å². The van der Waals surface area contributed by atoms with Gasteiger partial charge < -0.3 is 0 Å². The number of benzene rings is 1. The molecule has 2 nitrogen and oxygen atoms in total. The summed E-state index contributed by atoms with van der Waals surface area (Å²) in [4.78, 5) is 9.46. The van der Waals surface area contributed by atoms with Crippen LogP contribution in [0.3, 0.4) is 0 Å². The van der Waals surface area contributed by atoms with Crippen LogP contribution in [0.1, 0.15) is 5.56 Å². The molecular weight excluding hydrogens is 287 g/mol. The van der Waals surface area contributed by atoms with Gasteiger partial charge in [-0.3, -0.25) is 0 Å². The highest BCUT2D eigenvalue weighted by Crippen LogP contribution is 2.39. The van der Waals surface area contributed by atoms with Crippen molar-refractivity contribution in [2.24, 2.45) is 0 Å². The Kier molecular flexibility index (Phi) is 2.98. The van der Waals surface area contributed by atoms with Crippen LogP contribution in [0.5, 0.6) is 0 Å². The van der Waals surface area contributed by atoms with E-state index in [1.165, 1.54) is 6.33 Å². The molecule has 0 N–H and O–H groups in total. The van der Waals surface area contributed by atoms with Crippen LogP contribution in [0.2, 0.25) is 10.2 Å². The Balaban J connectivity index is 2.27. The van der Waals surface area contributed by atoms with Crippen LogP contribution in [0.4, 0.5) is 0 Å². The van der Waals surface area contributed by atoms with Crippen LogP contribution in [-0.2, 0) is 0 Å². The van der Waals surface area contributed by atoms with E-state index in [0.29, 0.717) is 5.15 Å². The van der Waals surface area contributed by atoms with Gasteiger partial charge in [0.25, 0.3) is 0 Å². The van der Waals surface area contributed by atoms with Crippen molar-refractivity contribution in [1.82, 2.24) is 9.97 Å². The third-order valence-corrected chi connectivity index (χ3v) is 4.75. The van der Waals surface area contributed by atoms with Crippen LogP contribution in [-0.4, -0.2) is 9.97 Å². The van der Waals surface area contributed by atoms with Crippen molar-refractivity contribution in [2.45, 2.75) is 6.92 Å². The molecule has 3 rings (SSSR count). The van der Waals surface area contributed by atoms with Gasteiger partial charge in [0.05, 0.1) is 10.2 Å². The van der Waals surface area contributed by atoms with Crippen molar-refractivity contribution in [1.29, 1.82) is 0 Å². The first-order valence-corrected chi connectivity index (χ1v) is 6.89. The molecule has 1 aromatic carbocycles. The summed E-state index contributed by atoms with van der Waals surface area (Å²) in [6.07, 6.45) is 1.50. The van der Waals surface area contributed by atoms with Crippen molar-refractivity contribution < 1.29 is 0 Å². The second kappa shape index (κ2) is 4.50. The third kappa shape index (κ3) is 1.88. The van der Waals surface area contributed by atoms with Crippen LogP contribution in [0.15, 0.2) is 30.6 Å². The Morgan fingerprint density at radius 3 is 2.44 bits per heavy atom. The third-order valence-electron chi connectivity index (χ3n) is 2.77. The number of hydrogen-bond acceptors (Lipinski definition) is 3. The maximum absolute atomic E-state index is 6.09. The Hall–Kier alpha value is -1.16. The predicted molar refractivity (Wildman–Crippen MR) is 77.6 cm³/mol. The minimum absolute atomic E-state index is 0.508. The number of aromatic nitrogens is 2. The van der Waals surface area contributed by atoms with Crippen molar-refractivity contribution in [3.05, 3.63) is 46.3 Å². The van der Waals surface area contributed by atoms with E-state index in [-0.39, 0.29) is 0 Å². The summed E-state index contributed by atoms with van der Waals surface area (Å²) >= 11 is 13.6. The quantitative estimate of drug-likeness (QED) is 0.592. The second-order valence-electron chi connectivity index (χ2n) is 3.91. The molecule has 0 bridgehead atoms. The molecule has 5 heteroatoms. The van der Waals surface area contributed by atoms with Crippen molar-refractivity contribution in [2.75, 3.05) is 0 Å². The number of thiophene rings is 1. The highest BCUT2D eigenvalue weighted by atomic mass is 35.5. The molecule has 3 aromatic rings. The van der Waals surface area contributed by atoms with Crippen molar-refractivity contribution >= 4 is 44.8 Å². The lowest BCUT2D eigenvalue weighted by Gasteiger charge is -1.99. The summed E-state index contributed by atoms with van der Waals surface area (Å²) in [7, 11) is 0. The molecule has 18 heavy (non-hydrogen) atoms. The maximum atomic E-state index is 6.09. The fourth-order valence-electron chi connectivity index (χ4n) is 1.87. The lowest BCUT2D eigenvalue weighted by molar-refractivity contribution is 1.22. The molecule has 90 valence electrons. The Bertz CT molecular complexity index is 720. The van der Waals surface area contributed by atoms with Gasteiger partial charge in [0.2, 0.25) is 0 Å². The molecule has 0 radical (unpaired) electrons. The number of aryl methyl sites for hydroxylation is 1. The van der Waals surface area contributed by atoms with Crippen LogP contribution in [0, 0.1) is 6.92 Å². The zero-order valence-electron chi connectivity index (χ0n) is 9.45. The largest absolute Gasteiger partial charge is 0.235 e. The Morgan fingerprint density at radius 1 is 1.06 bits per heavy atom. The molecule has 0 amide bonds. The van der Waals surface area contributed by atoms with Gasteiger partial charge in [-0.15, -0.1) is 11.3 Å². The van der Waals surface area contributed by atoms with E-state index in [0.717, 1.165) is 31.2 Å². The van der Waals surface area contributed by atoms with E-state index in [1.54, 1.807) is 11.3 Å². The monoisotopic (exact) mass is 294 g/mol. The minimum Gasteiger partial charge on any atom is -0.235 e. The van der Waals surface area contributed by atoms with Gasteiger partial charge in [0, 0.05) is 9.90 Å². The van der Waals surface area contributed by atoms with E-state index in [2.05, 4.69) is 9.97 Å². The Morgan fingerprint density at radius 2 is 1.78 bits per heavy atom. The lowest BCUT2D eigenvalue weighted by atomic mass is 10.1. The van der Waals surface area contributed by atoms with Crippen molar-refractivity contribution in [3.8, 4) is 10.4 Å². The summed E-state index contributed by atoms with van der Waals surface area (Å²) in [5.74, 6) is 0. The van der Waals surface area contributed by atoms with Gasteiger partial charge in [-0.1, -0.05) is 35.3 Å². The molecule has 0 saturated heterocycles. The van der Waals surface area contributed by atoms with E-state index in [4.69, 9.17) is 23.2 Å². The van der Waals surface area contributed by atoms with Gasteiger partial charge in [0.15, 0.2) is 0 Å². The number of rotatable bonds is 1. The molecule has 0 aliphatic rings. The standard InChI is InChI=1S/C13H8Cl2N2S/c1-7-10-12(13(15)17-6-16-10)18-11(7)8-2-4-9(14)5-3-8/h2-6H,1H3. The molecule has 0 saturated carbocycles. The van der Waals surface area contributed by atoms with Gasteiger partial charge in [0.1, 0.15) is 11.5 Å². The summed E-state index contributed by atoms with van der Waals surface area (Å²) in [5.41, 5.74) is 3.17. The van der Waals surface area contributed by atoms with Gasteiger partial charge in [-0.05, 0) is 30.2 Å². The van der Waals surface area contributed by atoms with Crippen LogP contribution < -0.4 is 0 Å². The summed E-state index contributed by atoms with van der Waals surface area (Å²) < 4.78 is 0.932. The fourth-order valence-corrected chi connectivity index (χ4v) is 3.39. The summed E-state index contributed by atoms with van der Waals surface area (Å²) in [5, 5.41) is 1.24. The first-order chi connectivity index (χ1) is 8.66. The van der Waals surface area contributed by atoms with Gasteiger partial charge in [-0.25, -0.2) is 9.97 Å². The maximum Gasteiger partial charge on any atom is 0.150 e. The SMILES string of the molecule is Cc1c(-c2ccc(Cl)cc2)sc2c(Cl)ncnc12. The molecule has 0 unspecified atom stereocenters. The smallest absolute Gasteiger partial charge is 0.150 e. The van der Waals surface area contributed by atoms with E-state index in [9.17, 15) is 0 Å². The van der Waals surface area contributed by atoms with Crippen LogP contribution in [0.25, 0.3) is 20.7 Å². The zero-order valence-corrected chi connectivity index (χ0v) is 11.8. The second-order valence-corrected chi connectivity index (χ2v) is 5.72. The normalized spacial score (nSPS) is 11.1. The summed E-state index contributed by atoms with van der Waals surface area (Å²) in [6, 6.07) is 7.77. The Labute approximate surface area is 118 Å². The minimum atomic E-state index is 0.508. The predicted octanol–water partition coefficient (Wildman–Crippen LogP) is 4.97. The summed E-state index contributed by atoms with van der Waals surface area (Å²) in [6.45, 7) is 2.05. The van der Waals surface area contributed by atoms with E-state index in [1.807, 2.05) is 31.2 Å². The number of halogens is 2. The molecule has 0 aliphatic heterocycles. The van der Waals surface area contributed by atoms with Gasteiger partial charge in [-0.2, -0.15) is 0 Å². The number of fused-ring (bicyclic) bond motifs is 1. The van der Waals surface area contributed by atoms with Crippen molar-refractivity contribution in [3.63, 3.8) is 0 Å². The highest BCUT2D eigenvalue weighted by molar-refractivity contribution is 7.23. The first-order valence-electron chi connectivity index (χ1n) is 5.32. The molecule has 0 aliphatic carbocycles. The molecular formula is C13H8Cl2N2S. The van der Waals surface area contributed by atoms with Gasteiger partial charge >= 0.3 is 0 Å². The molecule has 0 fully saturated rings. The zero-order chi connectivity index (χ0) is 12.7. The molecule has 0 spiro atoms. The first kappa shape index (κ1) is 11.9.